The normalized spacial score (nSPS) is 15.0. The second-order valence-electron chi connectivity index (χ2n) is 12.5. The van der Waals surface area contributed by atoms with Gasteiger partial charge in [-0.3, -0.25) is 14.4 Å². The molecule has 10 heteroatoms. The van der Waals surface area contributed by atoms with Crippen molar-refractivity contribution in [3.63, 3.8) is 0 Å². The summed E-state index contributed by atoms with van der Waals surface area (Å²) in [5.41, 5.74) is 6.59. The van der Waals surface area contributed by atoms with E-state index in [0.29, 0.717) is 12.8 Å². The molecule has 0 heterocycles. The molecule has 4 amide bonds. The Morgan fingerprint density at radius 2 is 1.28 bits per heavy atom. The molecule has 0 radical (unpaired) electrons. The van der Waals surface area contributed by atoms with Crippen LogP contribution >= 0.6 is 0 Å². The Balaban J connectivity index is 2.11. The Hall–Kier alpha value is -3.92. The van der Waals surface area contributed by atoms with Crippen molar-refractivity contribution in [2.45, 2.75) is 97.1 Å². The summed E-state index contributed by atoms with van der Waals surface area (Å²) < 4.78 is 5.39. The maximum Gasteiger partial charge on any atom is 0.407 e. The molecule has 236 valence electrons. The molecular formula is C33H48N4O6. The van der Waals surface area contributed by atoms with Crippen molar-refractivity contribution in [3.8, 4) is 0 Å². The number of carbonyl (C=O) groups is 4. The zero-order chi connectivity index (χ0) is 32.2. The minimum absolute atomic E-state index is 0.0209. The maximum absolute atomic E-state index is 13.3. The van der Waals surface area contributed by atoms with Gasteiger partial charge in [-0.15, -0.1) is 0 Å². The van der Waals surface area contributed by atoms with Crippen molar-refractivity contribution < 1.29 is 29.0 Å². The van der Waals surface area contributed by atoms with Gasteiger partial charge in [0.25, 0.3) is 0 Å². The van der Waals surface area contributed by atoms with Gasteiger partial charge in [0.15, 0.2) is 0 Å². The van der Waals surface area contributed by atoms with E-state index in [2.05, 4.69) is 16.0 Å². The molecule has 0 saturated carbocycles. The topological polar surface area (TPSA) is 160 Å². The predicted octanol–water partition coefficient (Wildman–Crippen LogP) is 3.25. The third-order valence-corrected chi connectivity index (χ3v) is 6.79. The number of hydrogen-bond donors (Lipinski definition) is 5. The predicted molar refractivity (Wildman–Crippen MR) is 166 cm³/mol. The van der Waals surface area contributed by atoms with Gasteiger partial charge in [0.1, 0.15) is 17.7 Å². The summed E-state index contributed by atoms with van der Waals surface area (Å²) in [6.45, 7) is 10.7. The highest BCUT2D eigenvalue weighted by molar-refractivity contribution is 5.92. The summed E-state index contributed by atoms with van der Waals surface area (Å²) in [5.74, 6) is -2.26. The van der Waals surface area contributed by atoms with Crippen LogP contribution in [0.2, 0.25) is 0 Å². The van der Waals surface area contributed by atoms with E-state index in [0.717, 1.165) is 11.1 Å². The van der Waals surface area contributed by atoms with Crippen molar-refractivity contribution in [1.29, 1.82) is 0 Å². The van der Waals surface area contributed by atoms with E-state index in [1.807, 2.05) is 74.5 Å². The summed E-state index contributed by atoms with van der Waals surface area (Å²) in [6.07, 6.45) is -0.855. The molecule has 2 aromatic carbocycles. The van der Waals surface area contributed by atoms with Gasteiger partial charge in [-0.2, -0.15) is 0 Å². The van der Waals surface area contributed by atoms with Crippen LogP contribution in [0.5, 0.6) is 0 Å². The minimum atomic E-state index is -1.09. The zero-order valence-corrected chi connectivity index (χ0v) is 26.1. The Kier molecular flexibility index (Phi) is 13.7. The van der Waals surface area contributed by atoms with Crippen LogP contribution < -0.4 is 21.7 Å². The number of alkyl carbamates (subject to hydrolysis) is 1. The maximum atomic E-state index is 13.3. The van der Waals surface area contributed by atoms with Gasteiger partial charge in [0, 0.05) is 12.3 Å². The van der Waals surface area contributed by atoms with E-state index in [4.69, 9.17) is 10.5 Å². The van der Waals surface area contributed by atoms with Crippen LogP contribution in [0.4, 0.5) is 4.79 Å². The second-order valence-corrected chi connectivity index (χ2v) is 12.5. The number of amides is 4. The number of aliphatic hydroxyl groups is 1. The highest BCUT2D eigenvalue weighted by atomic mass is 16.6. The van der Waals surface area contributed by atoms with E-state index in [-0.39, 0.29) is 18.8 Å². The quantitative estimate of drug-likeness (QED) is 0.212. The van der Waals surface area contributed by atoms with E-state index >= 15 is 0 Å². The number of benzene rings is 2. The Bertz CT molecular complexity index is 1180. The third-order valence-electron chi connectivity index (χ3n) is 6.79. The summed E-state index contributed by atoms with van der Waals surface area (Å²) in [6, 6.07) is 16.0. The molecule has 43 heavy (non-hydrogen) atoms. The third kappa shape index (κ3) is 13.3. The SMILES string of the molecule is CC(C)C[C@H](NC(=O)[C@H](C)C[C@H](O)[C@H](Cc1ccccc1)NC(=O)OC(C)(C)C)C(=O)N[C@@H](Cc1ccccc1)C(N)=O. The monoisotopic (exact) mass is 596 g/mol. The zero-order valence-electron chi connectivity index (χ0n) is 26.1. The molecule has 5 atom stereocenters. The van der Waals surface area contributed by atoms with Crippen molar-refractivity contribution in [2.24, 2.45) is 17.6 Å². The van der Waals surface area contributed by atoms with Crippen molar-refractivity contribution in [2.75, 3.05) is 0 Å². The number of hydrogen-bond acceptors (Lipinski definition) is 6. The van der Waals surface area contributed by atoms with Crippen LogP contribution in [0.1, 0.15) is 65.5 Å². The average Bonchev–Trinajstić information content (AvgIpc) is 2.91. The van der Waals surface area contributed by atoms with Gasteiger partial charge in [-0.05, 0) is 57.1 Å². The van der Waals surface area contributed by atoms with E-state index in [9.17, 15) is 24.3 Å². The first-order chi connectivity index (χ1) is 20.1. The van der Waals surface area contributed by atoms with Crippen LogP contribution in [0.25, 0.3) is 0 Å². The molecule has 0 spiro atoms. The lowest BCUT2D eigenvalue weighted by molar-refractivity contribution is -0.133. The summed E-state index contributed by atoms with van der Waals surface area (Å²) in [7, 11) is 0. The molecule has 0 aliphatic rings. The summed E-state index contributed by atoms with van der Waals surface area (Å²) in [5, 5.41) is 19.4. The molecule has 0 saturated heterocycles. The number of primary amides is 1. The van der Waals surface area contributed by atoms with E-state index in [1.54, 1.807) is 27.7 Å². The molecule has 6 N–H and O–H groups in total. The molecule has 10 nitrogen and oxygen atoms in total. The molecule has 2 aromatic rings. The first-order valence-electron chi connectivity index (χ1n) is 14.8. The molecule has 0 aliphatic heterocycles. The number of aliphatic hydroxyl groups excluding tert-OH is 1. The molecule has 0 bridgehead atoms. The lowest BCUT2D eigenvalue weighted by Crippen LogP contribution is -2.55. The summed E-state index contributed by atoms with van der Waals surface area (Å²) >= 11 is 0. The first kappa shape index (κ1) is 35.3. The molecule has 0 aromatic heterocycles. The van der Waals surface area contributed by atoms with Crippen molar-refractivity contribution in [3.05, 3.63) is 71.8 Å². The van der Waals surface area contributed by atoms with Crippen LogP contribution in [0.15, 0.2) is 60.7 Å². The molecule has 0 fully saturated rings. The number of nitrogens with one attached hydrogen (secondary N) is 3. The second kappa shape index (κ2) is 16.6. The fourth-order valence-corrected chi connectivity index (χ4v) is 4.61. The number of rotatable bonds is 15. The highest BCUT2D eigenvalue weighted by Gasteiger charge is 2.31. The smallest absolute Gasteiger partial charge is 0.407 e. The van der Waals surface area contributed by atoms with Gasteiger partial charge in [0.2, 0.25) is 17.7 Å². The highest BCUT2D eigenvalue weighted by Crippen LogP contribution is 2.16. The van der Waals surface area contributed by atoms with Crippen LogP contribution in [0, 0.1) is 11.8 Å². The van der Waals surface area contributed by atoms with E-state index < -0.39 is 59.6 Å². The largest absolute Gasteiger partial charge is 0.444 e. The number of carbonyl (C=O) groups excluding carboxylic acids is 4. The fourth-order valence-electron chi connectivity index (χ4n) is 4.61. The lowest BCUT2D eigenvalue weighted by Gasteiger charge is -2.29. The minimum Gasteiger partial charge on any atom is -0.444 e. The summed E-state index contributed by atoms with van der Waals surface area (Å²) in [4.78, 5) is 51.2. The van der Waals surface area contributed by atoms with Crippen LogP contribution in [-0.4, -0.2) is 58.8 Å². The van der Waals surface area contributed by atoms with Gasteiger partial charge in [-0.1, -0.05) is 81.4 Å². The van der Waals surface area contributed by atoms with Gasteiger partial charge in [0.05, 0.1) is 12.1 Å². The van der Waals surface area contributed by atoms with E-state index in [1.165, 1.54) is 0 Å². The number of ether oxygens (including phenoxy) is 1. The van der Waals surface area contributed by atoms with Crippen LogP contribution in [-0.2, 0) is 32.0 Å². The molecule has 2 rings (SSSR count). The Morgan fingerprint density at radius 1 is 0.767 bits per heavy atom. The first-order valence-corrected chi connectivity index (χ1v) is 14.8. The lowest BCUT2D eigenvalue weighted by atomic mass is 9.93. The Morgan fingerprint density at radius 3 is 1.77 bits per heavy atom. The Labute approximate surface area is 255 Å². The van der Waals surface area contributed by atoms with Crippen molar-refractivity contribution >= 4 is 23.8 Å². The van der Waals surface area contributed by atoms with Crippen LogP contribution in [0.3, 0.4) is 0 Å². The fraction of sp³-hybridized carbons (Fsp3) is 0.515. The molecule has 0 aliphatic carbocycles. The van der Waals surface area contributed by atoms with Gasteiger partial charge in [-0.25, -0.2) is 4.79 Å². The standard InChI is InChI=1S/C33H48N4O6/c1-21(2)17-27(31(41)35-26(29(34)39)20-24-15-11-8-12-16-24)36-30(40)22(3)18-28(38)25(19-23-13-9-7-10-14-23)37-32(42)43-33(4,5)6/h7-16,21-22,25-28,38H,17-20H2,1-6H3,(H2,34,39)(H,35,41)(H,36,40)(H,37,42)/t22-,25+,26+,27+,28+/m1/s1. The van der Waals surface area contributed by atoms with Gasteiger partial charge < -0.3 is 31.5 Å². The van der Waals surface area contributed by atoms with Gasteiger partial charge >= 0.3 is 6.09 Å². The average molecular weight is 597 g/mol. The number of nitrogens with two attached hydrogens (primary N) is 1. The van der Waals surface area contributed by atoms with Crippen molar-refractivity contribution in [1.82, 2.24) is 16.0 Å². The molecule has 0 unspecified atom stereocenters. The molecular weight excluding hydrogens is 548 g/mol.